The van der Waals surface area contributed by atoms with Gasteiger partial charge in [-0.2, -0.15) is 0 Å². The SMILES string of the molecule is O=C(NO)c1ccc2ncoc2c1. The van der Waals surface area contributed by atoms with Crippen molar-refractivity contribution in [1.82, 2.24) is 10.5 Å². The Balaban J connectivity index is 2.54. The summed E-state index contributed by atoms with van der Waals surface area (Å²) in [6.45, 7) is 0. The van der Waals surface area contributed by atoms with Gasteiger partial charge in [0.05, 0.1) is 0 Å². The van der Waals surface area contributed by atoms with Crippen molar-refractivity contribution < 1.29 is 14.4 Å². The van der Waals surface area contributed by atoms with Crippen molar-refractivity contribution in [2.24, 2.45) is 0 Å². The Labute approximate surface area is 73.0 Å². The number of oxazole rings is 1. The molecule has 1 amide bonds. The monoisotopic (exact) mass is 178 g/mol. The molecular formula is C8H6N2O3. The van der Waals surface area contributed by atoms with Gasteiger partial charge in [-0.05, 0) is 18.2 Å². The number of aromatic nitrogens is 1. The molecule has 1 aromatic carbocycles. The number of amides is 1. The van der Waals surface area contributed by atoms with Crippen LogP contribution in [0, 0.1) is 0 Å². The highest BCUT2D eigenvalue weighted by Crippen LogP contribution is 2.13. The molecule has 0 radical (unpaired) electrons. The second-order valence-electron chi connectivity index (χ2n) is 2.48. The van der Waals surface area contributed by atoms with Crippen molar-refractivity contribution in [2.75, 3.05) is 0 Å². The fourth-order valence-corrected chi connectivity index (χ4v) is 1.06. The molecule has 2 aromatic rings. The predicted octanol–water partition coefficient (Wildman–Crippen LogP) is 0.947. The minimum Gasteiger partial charge on any atom is -0.443 e. The van der Waals surface area contributed by atoms with E-state index in [2.05, 4.69) is 4.98 Å². The Kier molecular flexibility index (Phi) is 1.71. The third-order valence-corrected chi connectivity index (χ3v) is 1.70. The molecule has 5 heteroatoms. The Morgan fingerprint density at radius 2 is 2.38 bits per heavy atom. The van der Waals surface area contributed by atoms with Crippen LogP contribution >= 0.6 is 0 Å². The summed E-state index contributed by atoms with van der Waals surface area (Å²) in [6, 6.07) is 4.70. The fraction of sp³-hybridized carbons (Fsp3) is 0. The summed E-state index contributed by atoms with van der Waals surface area (Å²) in [7, 11) is 0. The summed E-state index contributed by atoms with van der Waals surface area (Å²) >= 11 is 0. The van der Waals surface area contributed by atoms with Gasteiger partial charge in [-0.3, -0.25) is 10.0 Å². The Morgan fingerprint density at radius 3 is 3.15 bits per heavy atom. The highest BCUT2D eigenvalue weighted by atomic mass is 16.5. The average Bonchev–Trinajstić information content (AvgIpc) is 2.63. The van der Waals surface area contributed by atoms with Gasteiger partial charge in [-0.25, -0.2) is 10.5 Å². The topological polar surface area (TPSA) is 75.4 Å². The third-order valence-electron chi connectivity index (χ3n) is 1.70. The van der Waals surface area contributed by atoms with Crippen molar-refractivity contribution in [3.8, 4) is 0 Å². The lowest BCUT2D eigenvalue weighted by Crippen LogP contribution is -2.18. The summed E-state index contributed by atoms with van der Waals surface area (Å²) in [4.78, 5) is 14.8. The van der Waals surface area contributed by atoms with Crippen molar-refractivity contribution in [1.29, 1.82) is 0 Å². The van der Waals surface area contributed by atoms with Crippen LogP contribution in [-0.4, -0.2) is 16.1 Å². The summed E-state index contributed by atoms with van der Waals surface area (Å²) in [6.07, 6.45) is 1.30. The molecule has 0 saturated heterocycles. The van der Waals surface area contributed by atoms with E-state index < -0.39 is 5.91 Å². The van der Waals surface area contributed by atoms with E-state index >= 15 is 0 Å². The molecule has 0 fully saturated rings. The summed E-state index contributed by atoms with van der Waals surface area (Å²) in [5.74, 6) is -0.571. The van der Waals surface area contributed by atoms with Crippen molar-refractivity contribution in [2.45, 2.75) is 0 Å². The molecule has 66 valence electrons. The van der Waals surface area contributed by atoms with Crippen molar-refractivity contribution in [3.05, 3.63) is 30.2 Å². The molecule has 0 spiro atoms. The number of hydrogen-bond acceptors (Lipinski definition) is 4. The highest BCUT2D eigenvalue weighted by Gasteiger charge is 2.06. The van der Waals surface area contributed by atoms with E-state index in [9.17, 15) is 4.79 Å². The van der Waals surface area contributed by atoms with Crippen LogP contribution in [0.5, 0.6) is 0 Å². The van der Waals surface area contributed by atoms with Crippen LogP contribution in [0.4, 0.5) is 0 Å². The Hall–Kier alpha value is -1.88. The van der Waals surface area contributed by atoms with Crippen LogP contribution in [0.1, 0.15) is 10.4 Å². The van der Waals surface area contributed by atoms with E-state index in [0.717, 1.165) is 0 Å². The zero-order chi connectivity index (χ0) is 9.26. The molecule has 0 saturated carbocycles. The van der Waals surface area contributed by atoms with Crippen LogP contribution in [-0.2, 0) is 0 Å². The van der Waals surface area contributed by atoms with Gasteiger partial charge in [-0.15, -0.1) is 0 Å². The minimum atomic E-state index is -0.571. The van der Waals surface area contributed by atoms with Gasteiger partial charge in [0.15, 0.2) is 12.0 Å². The molecular weight excluding hydrogens is 172 g/mol. The lowest BCUT2D eigenvalue weighted by Gasteiger charge is -1.96. The van der Waals surface area contributed by atoms with E-state index in [1.807, 2.05) is 0 Å². The first-order chi connectivity index (χ1) is 6.31. The zero-order valence-electron chi connectivity index (χ0n) is 6.52. The first-order valence-electron chi connectivity index (χ1n) is 3.59. The minimum absolute atomic E-state index is 0.326. The molecule has 0 aliphatic rings. The second-order valence-corrected chi connectivity index (χ2v) is 2.48. The van der Waals surface area contributed by atoms with Crippen LogP contribution < -0.4 is 5.48 Å². The number of carbonyl (C=O) groups excluding carboxylic acids is 1. The molecule has 1 heterocycles. The van der Waals surface area contributed by atoms with Crippen LogP contribution in [0.25, 0.3) is 11.1 Å². The molecule has 0 aliphatic heterocycles. The highest BCUT2D eigenvalue weighted by molar-refractivity contribution is 5.96. The number of benzene rings is 1. The van der Waals surface area contributed by atoms with E-state index in [-0.39, 0.29) is 0 Å². The van der Waals surface area contributed by atoms with Crippen LogP contribution in [0.2, 0.25) is 0 Å². The number of carbonyl (C=O) groups is 1. The molecule has 1 aromatic heterocycles. The maximum absolute atomic E-state index is 11.0. The Bertz CT molecular complexity index is 449. The lowest BCUT2D eigenvalue weighted by atomic mass is 10.2. The summed E-state index contributed by atoms with van der Waals surface area (Å²) in [5, 5.41) is 8.37. The first-order valence-corrected chi connectivity index (χ1v) is 3.59. The molecule has 2 rings (SSSR count). The van der Waals surface area contributed by atoms with Crippen molar-refractivity contribution in [3.63, 3.8) is 0 Å². The molecule has 0 aliphatic carbocycles. The second kappa shape index (κ2) is 2.87. The van der Waals surface area contributed by atoms with Crippen LogP contribution in [0.15, 0.2) is 29.0 Å². The van der Waals surface area contributed by atoms with Crippen LogP contribution in [0.3, 0.4) is 0 Å². The predicted molar refractivity (Wildman–Crippen MR) is 43.3 cm³/mol. The van der Waals surface area contributed by atoms with Gasteiger partial charge in [-0.1, -0.05) is 0 Å². The zero-order valence-corrected chi connectivity index (χ0v) is 6.52. The lowest BCUT2D eigenvalue weighted by molar-refractivity contribution is 0.0706. The van der Waals surface area contributed by atoms with E-state index in [1.165, 1.54) is 17.9 Å². The number of hydrogen-bond donors (Lipinski definition) is 2. The fourth-order valence-electron chi connectivity index (χ4n) is 1.06. The standard InChI is InChI=1S/C8H6N2O3/c11-8(10-12)5-1-2-6-7(3-5)13-4-9-6/h1-4,12H,(H,10,11). The quantitative estimate of drug-likeness (QED) is 0.503. The van der Waals surface area contributed by atoms with Gasteiger partial charge in [0.25, 0.3) is 5.91 Å². The number of hydroxylamine groups is 1. The molecule has 0 unspecified atom stereocenters. The molecule has 2 N–H and O–H groups in total. The average molecular weight is 178 g/mol. The van der Waals surface area contributed by atoms with E-state index in [0.29, 0.717) is 16.7 Å². The van der Waals surface area contributed by atoms with Gasteiger partial charge < -0.3 is 4.42 Å². The normalized spacial score (nSPS) is 10.2. The van der Waals surface area contributed by atoms with Crippen molar-refractivity contribution >= 4 is 17.0 Å². The van der Waals surface area contributed by atoms with E-state index in [4.69, 9.17) is 9.62 Å². The molecule has 0 atom stereocenters. The first kappa shape index (κ1) is 7.75. The maximum atomic E-state index is 11.0. The Morgan fingerprint density at radius 1 is 1.54 bits per heavy atom. The van der Waals surface area contributed by atoms with Gasteiger partial charge in [0.2, 0.25) is 0 Å². The molecule has 0 bridgehead atoms. The van der Waals surface area contributed by atoms with Gasteiger partial charge in [0.1, 0.15) is 5.52 Å². The number of rotatable bonds is 1. The van der Waals surface area contributed by atoms with Gasteiger partial charge in [0, 0.05) is 5.56 Å². The summed E-state index contributed by atoms with van der Waals surface area (Å²) < 4.78 is 4.98. The number of nitrogens with one attached hydrogen (secondary N) is 1. The van der Waals surface area contributed by atoms with E-state index in [1.54, 1.807) is 12.1 Å². The molecule has 5 nitrogen and oxygen atoms in total. The largest absolute Gasteiger partial charge is 0.443 e. The van der Waals surface area contributed by atoms with Gasteiger partial charge >= 0.3 is 0 Å². The smallest absolute Gasteiger partial charge is 0.274 e. The molecule has 13 heavy (non-hydrogen) atoms. The maximum Gasteiger partial charge on any atom is 0.274 e. The number of nitrogens with zero attached hydrogens (tertiary/aromatic N) is 1. The number of fused-ring (bicyclic) bond motifs is 1. The third kappa shape index (κ3) is 1.25. The summed E-state index contributed by atoms with van der Waals surface area (Å²) in [5.41, 5.74) is 3.05.